The van der Waals surface area contributed by atoms with Crippen molar-refractivity contribution in [1.29, 1.82) is 0 Å². The Kier molecular flexibility index (Phi) is 8.87. The molecule has 0 saturated heterocycles. The summed E-state index contributed by atoms with van der Waals surface area (Å²) in [6, 6.07) is 16.2. The minimum atomic E-state index is -1.03. The van der Waals surface area contributed by atoms with E-state index in [0.717, 1.165) is 27.9 Å². The van der Waals surface area contributed by atoms with Crippen LogP contribution in [0.1, 0.15) is 27.9 Å². The minimum absolute atomic E-state index is 0.364. The van der Waals surface area contributed by atoms with Crippen LogP contribution in [0.5, 0.6) is 0 Å². The highest BCUT2D eigenvalue weighted by Gasteiger charge is 2.22. The maximum absolute atomic E-state index is 13.1. The van der Waals surface area contributed by atoms with Crippen LogP contribution in [0, 0.1) is 0 Å². The highest BCUT2D eigenvalue weighted by atomic mass is 32.2. The predicted octanol–water partition coefficient (Wildman–Crippen LogP) is 4.92. The number of benzene rings is 2. The number of aromatic nitrogens is 1. The fourth-order valence-corrected chi connectivity index (χ4v) is 4.04. The largest absolute Gasteiger partial charge is 0.480 e. The maximum Gasteiger partial charge on any atom is 0.326 e. The van der Waals surface area contributed by atoms with Crippen molar-refractivity contribution in [2.45, 2.75) is 12.5 Å². The van der Waals surface area contributed by atoms with Gasteiger partial charge in [0.1, 0.15) is 6.04 Å². The van der Waals surface area contributed by atoms with Gasteiger partial charge in [-0.25, -0.2) is 4.79 Å². The molecule has 2 N–H and O–H groups in total. The molecular weight excluding hydrogens is 446 g/mol. The first-order valence-electron chi connectivity index (χ1n) is 10.9. The summed E-state index contributed by atoms with van der Waals surface area (Å²) < 4.78 is 0. The molecule has 0 spiro atoms. The average molecular weight is 476 g/mol. The van der Waals surface area contributed by atoms with Crippen LogP contribution in [-0.4, -0.2) is 54.1 Å². The number of pyridine rings is 1. The van der Waals surface area contributed by atoms with Crippen molar-refractivity contribution in [2.24, 2.45) is 0 Å². The Hall–Kier alpha value is -3.58. The summed E-state index contributed by atoms with van der Waals surface area (Å²) in [6.07, 6.45) is 9.83. The number of hydrogen-bond donors (Lipinski definition) is 2. The normalized spacial score (nSPS) is 11.9. The maximum atomic E-state index is 13.1. The van der Waals surface area contributed by atoms with Crippen molar-refractivity contribution < 1.29 is 14.7 Å². The van der Waals surface area contributed by atoms with Gasteiger partial charge in [-0.2, -0.15) is 11.8 Å². The quantitative estimate of drug-likeness (QED) is 0.433. The molecule has 3 aromatic rings. The summed E-state index contributed by atoms with van der Waals surface area (Å²) in [4.78, 5) is 31.0. The van der Waals surface area contributed by atoms with E-state index < -0.39 is 17.9 Å². The second-order valence-corrected chi connectivity index (χ2v) is 8.96. The van der Waals surface area contributed by atoms with E-state index in [-0.39, 0.29) is 0 Å². The zero-order chi connectivity index (χ0) is 24.5. The number of nitrogens with zero attached hydrogens (tertiary/aromatic N) is 2. The third-order valence-electron chi connectivity index (χ3n) is 5.35. The summed E-state index contributed by atoms with van der Waals surface area (Å²) in [6.45, 7) is 0. The standard InChI is InChI=1S/C27H29N3O3S/c1-30(2)25-13-15-28-18-21(25)11-9-19-10-12-22(23(17-19)20-7-5-4-6-8-20)26(31)29-24(27(32)33)14-16-34-3/h4-13,15,17-18,24H,14,16H2,1-3H3,(H,29,31)(H,32,33)/b11-9+. The first-order chi connectivity index (χ1) is 16.4. The molecule has 1 heterocycles. The number of carboxylic acids is 1. The van der Waals surface area contributed by atoms with Gasteiger partial charge >= 0.3 is 5.97 Å². The molecule has 1 unspecified atom stereocenters. The molecule has 0 radical (unpaired) electrons. The van der Waals surface area contributed by atoms with Crippen molar-refractivity contribution in [3.05, 3.63) is 83.7 Å². The number of amides is 1. The highest BCUT2D eigenvalue weighted by Crippen LogP contribution is 2.27. The molecular formula is C27H29N3O3S. The molecule has 0 fully saturated rings. The Labute approximate surface area is 204 Å². The second kappa shape index (κ2) is 12.0. The number of nitrogens with one attached hydrogen (secondary N) is 1. The average Bonchev–Trinajstić information content (AvgIpc) is 2.85. The van der Waals surface area contributed by atoms with E-state index in [1.807, 2.05) is 92.1 Å². The molecule has 3 rings (SSSR count). The molecule has 0 aliphatic heterocycles. The summed E-state index contributed by atoms with van der Waals surface area (Å²) in [7, 11) is 3.97. The van der Waals surface area contributed by atoms with E-state index in [9.17, 15) is 14.7 Å². The summed E-state index contributed by atoms with van der Waals surface area (Å²) in [5, 5.41) is 12.2. The van der Waals surface area contributed by atoms with Gasteiger partial charge in [-0.3, -0.25) is 9.78 Å². The Bertz CT molecular complexity index is 1160. The van der Waals surface area contributed by atoms with Gasteiger partial charge in [-0.05, 0) is 53.3 Å². The van der Waals surface area contributed by atoms with Gasteiger partial charge in [-0.15, -0.1) is 0 Å². The first kappa shape index (κ1) is 25.1. The number of thioether (sulfide) groups is 1. The monoisotopic (exact) mass is 475 g/mol. The van der Waals surface area contributed by atoms with Crippen molar-refractivity contribution in [1.82, 2.24) is 10.3 Å². The smallest absolute Gasteiger partial charge is 0.326 e. The van der Waals surface area contributed by atoms with E-state index in [1.54, 1.807) is 24.0 Å². The Morgan fingerprint density at radius 2 is 1.88 bits per heavy atom. The second-order valence-electron chi connectivity index (χ2n) is 7.98. The van der Waals surface area contributed by atoms with Gasteiger partial charge in [0, 0.05) is 43.3 Å². The minimum Gasteiger partial charge on any atom is -0.480 e. The molecule has 7 heteroatoms. The third-order valence-corrected chi connectivity index (χ3v) is 6.00. The number of carboxylic acid groups (broad SMARTS) is 1. The van der Waals surface area contributed by atoms with Gasteiger partial charge in [0.05, 0.1) is 0 Å². The van der Waals surface area contributed by atoms with E-state index in [0.29, 0.717) is 17.7 Å². The SMILES string of the molecule is CSCCC(NC(=O)c1ccc(/C=C/c2cnccc2N(C)C)cc1-c1ccccc1)C(=O)O. The fourth-order valence-electron chi connectivity index (χ4n) is 3.57. The predicted molar refractivity (Wildman–Crippen MR) is 141 cm³/mol. The summed E-state index contributed by atoms with van der Waals surface area (Å²) >= 11 is 1.55. The van der Waals surface area contributed by atoms with Crippen molar-refractivity contribution in [2.75, 3.05) is 31.0 Å². The molecule has 176 valence electrons. The molecule has 34 heavy (non-hydrogen) atoms. The molecule has 1 atom stereocenters. The first-order valence-corrected chi connectivity index (χ1v) is 12.3. The lowest BCUT2D eigenvalue weighted by Crippen LogP contribution is -2.41. The molecule has 0 saturated carbocycles. The van der Waals surface area contributed by atoms with Crippen LogP contribution in [0.25, 0.3) is 23.3 Å². The van der Waals surface area contributed by atoms with Crippen molar-refractivity contribution in [3.63, 3.8) is 0 Å². The number of hydrogen-bond acceptors (Lipinski definition) is 5. The van der Waals surface area contributed by atoms with Crippen LogP contribution >= 0.6 is 11.8 Å². The van der Waals surface area contributed by atoms with E-state index in [4.69, 9.17) is 0 Å². The molecule has 0 aliphatic carbocycles. The fraction of sp³-hybridized carbons (Fsp3) is 0.222. The Balaban J connectivity index is 1.96. The lowest BCUT2D eigenvalue weighted by Gasteiger charge is -2.17. The Morgan fingerprint density at radius 3 is 2.56 bits per heavy atom. The Morgan fingerprint density at radius 1 is 1.12 bits per heavy atom. The number of carbonyl (C=O) groups excluding carboxylic acids is 1. The van der Waals surface area contributed by atoms with Gasteiger partial charge in [0.25, 0.3) is 5.91 Å². The summed E-state index contributed by atoms with van der Waals surface area (Å²) in [5.74, 6) is -0.781. The zero-order valence-corrected chi connectivity index (χ0v) is 20.4. The molecule has 6 nitrogen and oxygen atoms in total. The van der Waals surface area contributed by atoms with E-state index in [1.165, 1.54) is 0 Å². The number of carbonyl (C=O) groups is 2. The van der Waals surface area contributed by atoms with Crippen molar-refractivity contribution in [3.8, 4) is 11.1 Å². The topological polar surface area (TPSA) is 82.5 Å². The zero-order valence-electron chi connectivity index (χ0n) is 19.6. The third kappa shape index (κ3) is 6.48. The molecule has 0 bridgehead atoms. The van der Waals surface area contributed by atoms with Gasteiger partial charge in [-0.1, -0.05) is 48.6 Å². The van der Waals surface area contributed by atoms with Gasteiger partial charge < -0.3 is 15.3 Å². The highest BCUT2D eigenvalue weighted by molar-refractivity contribution is 7.98. The van der Waals surface area contributed by atoms with Gasteiger partial charge in [0.15, 0.2) is 0 Å². The van der Waals surface area contributed by atoms with Crippen LogP contribution < -0.4 is 10.2 Å². The van der Waals surface area contributed by atoms with E-state index >= 15 is 0 Å². The molecule has 2 aromatic carbocycles. The number of rotatable bonds is 10. The molecule has 1 amide bonds. The lowest BCUT2D eigenvalue weighted by atomic mass is 9.96. The van der Waals surface area contributed by atoms with Crippen LogP contribution in [0.15, 0.2) is 67.0 Å². The van der Waals surface area contributed by atoms with Crippen LogP contribution in [-0.2, 0) is 4.79 Å². The van der Waals surface area contributed by atoms with Crippen LogP contribution in [0.3, 0.4) is 0 Å². The van der Waals surface area contributed by atoms with Crippen LogP contribution in [0.4, 0.5) is 5.69 Å². The van der Waals surface area contributed by atoms with Crippen LogP contribution in [0.2, 0.25) is 0 Å². The molecule has 0 aliphatic rings. The number of aliphatic carboxylic acids is 1. The van der Waals surface area contributed by atoms with Crippen molar-refractivity contribution >= 4 is 41.5 Å². The van der Waals surface area contributed by atoms with Gasteiger partial charge in [0.2, 0.25) is 0 Å². The number of anilines is 1. The lowest BCUT2D eigenvalue weighted by molar-refractivity contribution is -0.139. The summed E-state index contributed by atoms with van der Waals surface area (Å²) in [5.41, 5.74) is 5.02. The molecule has 1 aromatic heterocycles. The van der Waals surface area contributed by atoms with E-state index in [2.05, 4.69) is 10.3 Å².